The fourth-order valence-corrected chi connectivity index (χ4v) is 2.17. The molecule has 1 aromatic heterocycles. The number of hydrogen-bond donors (Lipinski definition) is 2. The zero-order chi connectivity index (χ0) is 9.97. The predicted molar refractivity (Wildman–Crippen MR) is 53.5 cm³/mol. The Morgan fingerprint density at radius 2 is 2.14 bits per heavy atom. The summed E-state index contributed by atoms with van der Waals surface area (Å²) in [4.78, 5) is 0. The zero-order valence-electron chi connectivity index (χ0n) is 8.28. The number of aliphatic hydroxyl groups excluding tert-OH is 1. The largest absolute Gasteiger partial charge is 0.462 e. The van der Waals surface area contributed by atoms with Crippen molar-refractivity contribution in [3.8, 4) is 0 Å². The molecule has 1 atom stereocenters. The molecule has 14 heavy (non-hydrogen) atoms. The molecule has 1 unspecified atom stereocenters. The van der Waals surface area contributed by atoms with E-state index >= 15 is 0 Å². The van der Waals surface area contributed by atoms with E-state index in [1.165, 1.54) is 12.8 Å². The third kappa shape index (κ3) is 1.83. The molecule has 0 spiro atoms. The maximum Gasteiger partial charge on any atom is 0.133 e. The van der Waals surface area contributed by atoms with Gasteiger partial charge in [-0.15, -0.1) is 0 Å². The van der Waals surface area contributed by atoms with Crippen LogP contribution in [-0.4, -0.2) is 5.11 Å². The van der Waals surface area contributed by atoms with E-state index in [0.29, 0.717) is 18.2 Å². The molecule has 0 aliphatic heterocycles. The van der Waals surface area contributed by atoms with Gasteiger partial charge in [-0.3, -0.25) is 0 Å². The van der Waals surface area contributed by atoms with Crippen LogP contribution in [0.2, 0.25) is 0 Å². The molecule has 2 rings (SSSR count). The molecule has 0 amide bonds. The Morgan fingerprint density at radius 3 is 2.71 bits per heavy atom. The van der Waals surface area contributed by atoms with Crippen LogP contribution in [0.25, 0.3) is 0 Å². The predicted octanol–water partition coefficient (Wildman–Crippen LogP) is 1.96. The molecule has 1 aromatic rings. The lowest BCUT2D eigenvalue weighted by atomic mass is 9.99. The molecule has 0 saturated heterocycles. The van der Waals surface area contributed by atoms with Gasteiger partial charge in [0.15, 0.2) is 0 Å². The van der Waals surface area contributed by atoms with Gasteiger partial charge in [0.1, 0.15) is 17.6 Å². The minimum atomic E-state index is -0.433. The SMILES string of the molecule is NCc1ccc(C(O)C2CCCC2)o1. The van der Waals surface area contributed by atoms with Crippen molar-refractivity contribution < 1.29 is 9.52 Å². The normalized spacial score (nSPS) is 20.1. The minimum Gasteiger partial charge on any atom is -0.462 e. The highest BCUT2D eigenvalue weighted by molar-refractivity contribution is 5.10. The van der Waals surface area contributed by atoms with Crippen LogP contribution in [0.4, 0.5) is 0 Å². The van der Waals surface area contributed by atoms with E-state index in [-0.39, 0.29) is 0 Å². The number of furan rings is 1. The van der Waals surface area contributed by atoms with Crippen LogP contribution in [-0.2, 0) is 6.54 Å². The fourth-order valence-electron chi connectivity index (χ4n) is 2.17. The molecule has 1 saturated carbocycles. The van der Waals surface area contributed by atoms with Gasteiger partial charge in [0, 0.05) is 0 Å². The van der Waals surface area contributed by atoms with Gasteiger partial charge in [-0.1, -0.05) is 12.8 Å². The van der Waals surface area contributed by atoms with Gasteiger partial charge in [-0.2, -0.15) is 0 Å². The van der Waals surface area contributed by atoms with Gasteiger partial charge in [0.2, 0.25) is 0 Å². The maximum absolute atomic E-state index is 9.99. The second-order valence-corrected chi connectivity index (χ2v) is 4.00. The molecule has 3 heteroatoms. The number of hydrogen-bond acceptors (Lipinski definition) is 3. The highest BCUT2D eigenvalue weighted by Crippen LogP contribution is 2.35. The van der Waals surface area contributed by atoms with Crippen molar-refractivity contribution in [2.45, 2.75) is 38.3 Å². The molecular weight excluding hydrogens is 178 g/mol. The van der Waals surface area contributed by atoms with Gasteiger partial charge in [0.05, 0.1) is 6.54 Å². The summed E-state index contributed by atoms with van der Waals surface area (Å²) in [5.41, 5.74) is 5.44. The van der Waals surface area contributed by atoms with E-state index in [9.17, 15) is 5.11 Å². The van der Waals surface area contributed by atoms with Crippen LogP contribution < -0.4 is 5.73 Å². The monoisotopic (exact) mass is 195 g/mol. The molecule has 78 valence electrons. The van der Waals surface area contributed by atoms with Gasteiger partial charge in [0.25, 0.3) is 0 Å². The smallest absolute Gasteiger partial charge is 0.133 e. The van der Waals surface area contributed by atoms with E-state index in [4.69, 9.17) is 10.2 Å². The quantitative estimate of drug-likeness (QED) is 0.775. The third-order valence-electron chi connectivity index (χ3n) is 3.02. The minimum absolute atomic E-state index is 0.381. The van der Waals surface area contributed by atoms with Crippen molar-refractivity contribution in [3.63, 3.8) is 0 Å². The van der Waals surface area contributed by atoms with Crippen molar-refractivity contribution in [3.05, 3.63) is 23.7 Å². The number of aliphatic hydroxyl groups is 1. The summed E-state index contributed by atoms with van der Waals surface area (Å²) in [7, 11) is 0. The third-order valence-corrected chi connectivity index (χ3v) is 3.02. The molecule has 0 radical (unpaired) electrons. The van der Waals surface area contributed by atoms with Crippen LogP contribution in [0.3, 0.4) is 0 Å². The topological polar surface area (TPSA) is 59.4 Å². The first-order valence-corrected chi connectivity index (χ1v) is 5.28. The van der Waals surface area contributed by atoms with Gasteiger partial charge in [-0.25, -0.2) is 0 Å². The van der Waals surface area contributed by atoms with Gasteiger partial charge in [-0.05, 0) is 30.9 Å². The standard InChI is InChI=1S/C11H17NO2/c12-7-9-5-6-10(14-9)11(13)8-3-1-2-4-8/h5-6,8,11,13H,1-4,7,12H2. The van der Waals surface area contributed by atoms with Gasteiger partial charge < -0.3 is 15.3 Å². The summed E-state index contributed by atoms with van der Waals surface area (Å²) >= 11 is 0. The number of nitrogens with two attached hydrogens (primary N) is 1. The first-order chi connectivity index (χ1) is 6.81. The molecule has 3 nitrogen and oxygen atoms in total. The molecule has 0 aromatic carbocycles. The summed E-state index contributed by atoms with van der Waals surface area (Å²) in [6.45, 7) is 0.400. The van der Waals surface area contributed by atoms with Crippen LogP contribution >= 0.6 is 0 Å². The summed E-state index contributed by atoms with van der Waals surface area (Å²) in [6.07, 6.45) is 4.25. The van der Waals surface area contributed by atoms with E-state index in [2.05, 4.69) is 0 Å². The van der Waals surface area contributed by atoms with Crippen molar-refractivity contribution in [1.82, 2.24) is 0 Å². The Labute approximate surface area is 83.9 Å². The van der Waals surface area contributed by atoms with Gasteiger partial charge >= 0.3 is 0 Å². The maximum atomic E-state index is 9.99. The molecule has 1 aliphatic rings. The van der Waals surface area contributed by atoms with Crippen molar-refractivity contribution >= 4 is 0 Å². The molecular formula is C11H17NO2. The van der Waals surface area contributed by atoms with E-state index < -0.39 is 6.10 Å². The average molecular weight is 195 g/mol. The second-order valence-electron chi connectivity index (χ2n) is 4.00. The molecule has 1 fully saturated rings. The molecule has 0 bridgehead atoms. The lowest BCUT2D eigenvalue weighted by molar-refractivity contribution is 0.0875. The first-order valence-electron chi connectivity index (χ1n) is 5.28. The summed E-state index contributed by atoms with van der Waals surface area (Å²) in [5.74, 6) is 1.81. The van der Waals surface area contributed by atoms with Crippen LogP contribution in [0.5, 0.6) is 0 Å². The summed E-state index contributed by atoms with van der Waals surface area (Å²) in [5, 5.41) is 9.99. The lowest BCUT2D eigenvalue weighted by Gasteiger charge is -2.14. The highest BCUT2D eigenvalue weighted by atomic mass is 16.4. The lowest BCUT2D eigenvalue weighted by Crippen LogP contribution is -2.07. The Morgan fingerprint density at radius 1 is 1.43 bits per heavy atom. The molecule has 1 aliphatic carbocycles. The number of rotatable bonds is 3. The second kappa shape index (κ2) is 4.15. The van der Waals surface area contributed by atoms with Crippen molar-refractivity contribution in [2.75, 3.05) is 0 Å². The Kier molecular flexibility index (Phi) is 2.89. The Bertz CT molecular complexity index is 289. The van der Waals surface area contributed by atoms with E-state index in [1.54, 1.807) is 0 Å². The molecule has 3 N–H and O–H groups in total. The van der Waals surface area contributed by atoms with E-state index in [0.717, 1.165) is 18.6 Å². The first kappa shape index (κ1) is 9.74. The summed E-state index contributed by atoms with van der Waals surface area (Å²) in [6, 6.07) is 3.68. The fraction of sp³-hybridized carbons (Fsp3) is 0.636. The molecule has 1 heterocycles. The Hall–Kier alpha value is -0.800. The van der Waals surface area contributed by atoms with Crippen molar-refractivity contribution in [1.29, 1.82) is 0 Å². The van der Waals surface area contributed by atoms with Crippen LogP contribution in [0.15, 0.2) is 16.5 Å². The van der Waals surface area contributed by atoms with Crippen molar-refractivity contribution in [2.24, 2.45) is 11.7 Å². The van der Waals surface area contributed by atoms with Crippen LogP contribution in [0.1, 0.15) is 43.3 Å². The van der Waals surface area contributed by atoms with E-state index in [1.807, 2.05) is 12.1 Å². The highest BCUT2D eigenvalue weighted by Gasteiger charge is 2.26. The Balaban J connectivity index is 2.05. The summed E-state index contributed by atoms with van der Waals surface area (Å²) < 4.78 is 5.43. The van der Waals surface area contributed by atoms with Crippen LogP contribution in [0, 0.1) is 5.92 Å². The average Bonchev–Trinajstić information content (AvgIpc) is 2.88. The zero-order valence-corrected chi connectivity index (χ0v) is 8.28.